The highest BCUT2D eigenvalue weighted by molar-refractivity contribution is 6.28. The van der Waals surface area contributed by atoms with E-state index in [4.69, 9.17) is 15.0 Å². The molecule has 0 saturated carbocycles. The quantitative estimate of drug-likeness (QED) is 0.171. The minimum atomic E-state index is 0.612. The summed E-state index contributed by atoms with van der Waals surface area (Å²) in [6.45, 7) is 0. The highest BCUT2D eigenvalue weighted by atomic mass is 15.0. The maximum absolute atomic E-state index is 5.23. The lowest BCUT2D eigenvalue weighted by molar-refractivity contribution is 1.07. The minimum absolute atomic E-state index is 0.612. The fourth-order valence-electron chi connectivity index (χ4n) is 8.34. The predicted octanol–water partition coefficient (Wildman–Crippen LogP) is 13.6. The molecular weight excluding hydrogens is 693 g/mol. The second kappa shape index (κ2) is 13.6. The third-order valence-electron chi connectivity index (χ3n) is 11.0. The monoisotopic (exact) mass is 726 g/mol. The predicted molar refractivity (Wildman–Crippen MR) is 236 cm³/mol. The van der Waals surface area contributed by atoms with Crippen LogP contribution in [0.2, 0.25) is 0 Å². The maximum atomic E-state index is 5.23. The number of rotatable bonds is 6. The van der Waals surface area contributed by atoms with Gasteiger partial charge in [-0.25, -0.2) is 15.0 Å². The lowest BCUT2D eigenvalue weighted by Gasteiger charge is -2.16. The van der Waals surface area contributed by atoms with Gasteiger partial charge in [0.25, 0.3) is 0 Å². The molecule has 2 heterocycles. The van der Waals surface area contributed by atoms with E-state index in [9.17, 15) is 0 Å². The van der Waals surface area contributed by atoms with Crippen LogP contribution in [0.1, 0.15) is 0 Å². The third kappa shape index (κ3) is 5.66. The van der Waals surface area contributed by atoms with E-state index < -0.39 is 0 Å². The van der Waals surface area contributed by atoms with E-state index >= 15 is 0 Å². The first kappa shape index (κ1) is 32.7. The number of benzene rings is 9. The van der Waals surface area contributed by atoms with Crippen LogP contribution in [-0.4, -0.2) is 19.5 Å². The molecule has 57 heavy (non-hydrogen) atoms. The number of fused-ring (bicyclic) bond motifs is 7. The number of hydrogen-bond donors (Lipinski definition) is 0. The smallest absolute Gasteiger partial charge is 0.164 e. The van der Waals surface area contributed by atoms with Crippen molar-refractivity contribution in [1.29, 1.82) is 0 Å². The zero-order valence-corrected chi connectivity index (χ0v) is 30.9. The van der Waals surface area contributed by atoms with Gasteiger partial charge in [0.05, 0.1) is 16.7 Å². The van der Waals surface area contributed by atoms with Crippen molar-refractivity contribution in [2.45, 2.75) is 0 Å². The first-order valence-electron chi connectivity index (χ1n) is 19.3. The molecule has 266 valence electrons. The molecule has 0 unspecified atom stereocenters. The Morgan fingerprint density at radius 1 is 0.298 bits per heavy atom. The van der Waals surface area contributed by atoms with E-state index in [0.29, 0.717) is 17.5 Å². The molecule has 4 heteroatoms. The molecule has 0 aliphatic heterocycles. The average molecular weight is 727 g/mol. The van der Waals surface area contributed by atoms with Gasteiger partial charge in [-0.05, 0) is 62.5 Å². The first-order valence-corrected chi connectivity index (χ1v) is 19.3. The average Bonchev–Trinajstić information content (AvgIpc) is 3.65. The van der Waals surface area contributed by atoms with Gasteiger partial charge < -0.3 is 4.57 Å². The Labute approximate surface area is 330 Å². The second-order valence-corrected chi connectivity index (χ2v) is 14.4. The van der Waals surface area contributed by atoms with E-state index in [1.165, 1.54) is 32.3 Å². The van der Waals surface area contributed by atoms with Crippen LogP contribution in [0, 0.1) is 0 Å². The van der Waals surface area contributed by atoms with Crippen molar-refractivity contribution >= 4 is 43.4 Å². The molecule has 0 bridgehead atoms. The highest BCUT2D eigenvalue weighted by Gasteiger charge is 2.21. The molecule has 0 fully saturated rings. The molecule has 0 saturated heterocycles. The minimum Gasteiger partial charge on any atom is -0.309 e. The summed E-state index contributed by atoms with van der Waals surface area (Å²) in [5, 5.41) is 7.40. The summed E-state index contributed by atoms with van der Waals surface area (Å²) in [6, 6.07) is 72.8. The molecule has 4 nitrogen and oxygen atoms in total. The van der Waals surface area contributed by atoms with Gasteiger partial charge >= 0.3 is 0 Å². The summed E-state index contributed by atoms with van der Waals surface area (Å²) >= 11 is 0. The van der Waals surface area contributed by atoms with Gasteiger partial charge in [0.15, 0.2) is 17.5 Å². The lowest BCUT2D eigenvalue weighted by Crippen LogP contribution is -2.02. The molecule has 11 rings (SSSR count). The van der Waals surface area contributed by atoms with E-state index in [-0.39, 0.29) is 0 Å². The maximum Gasteiger partial charge on any atom is 0.164 e. The van der Waals surface area contributed by atoms with Crippen molar-refractivity contribution in [1.82, 2.24) is 19.5 Å². The van der Waals surface area contributed by atoms with Gasteiger partial charge in [0, 0.05) is 33.0 Å². The van der Waals surface area contributed by atoms with Crippen LogP contribution in [0.5, 0.6) is 0 Å². The Hall–Kier alpha value is -7.69. The Morgan fingerprint density at radius 2 is 0.754 bits per heavy atom. The van der Waals surface area contributed by atoms with Gasteiger partial charge in [-0.1, -0.05) is 182 Å². The standard InChI is InChI=1S/C53H34N4/c1-4-15-35(16-5-1)40-23-14-24-41(33-40)52-54-51(39-21-8-3-9-22-39)55-53(56-52)42-27-30-43(36-17-6-2-7-18-36)48(34-42)57-46-31-28-37-19-10-12-25-44(37)49(46)50-45-26-13-11-20-38(45)29-32-47(50)57/h1-34H. The van der Waals surface area contributed by atoms with Crippen molar-refractivity contribution in [3.8, 4) is 62.1 Å². The molecular formula is C53H34N4. The SMILES string of the molecule is c1ccc(-c2cccc(-c3nc(-c4ccccc4)nc(-c4ccc(-c5ccccc5)c(-n5c6ccc7ccccc7c6c6c7ccccc7ccc65)c4)n3)c2)cc1. The van der Waals surface area contributed by atoms with E-state index in [1.807, 2.05) is 24.3 Å². The lowest BCUT2D eigenvalue weighted by atomic mass is 10.00. The normalized spacial score (nSPS) is 11.5. The Bertz CT molecular complexity index is 3190. The molecule has 0 N–H and O–H groups in total. The summed E-state index contributed by atoms with van der Waals surface area (Å²) in [6.07, 6.45) is 0. The number of nitrogens with zero attached hydrogens (tertiary/aromatic N) is 4. The van der Waals surface area contributed by atoms with Crippen molar-refractivity contribution in [2.24, 2.45) is 0 Å². The first-order chi connectivity index (χ1) is 28.3. The van der Waals surface area contributed by atoms with Crippen LogP contribution >= 0.6 is 0 Å². The van der Waals surface area contributed by atoms with Gasteiger partial charge in [-0.3, -0.25) is 0 Å². The molecule has 0 spiro atoms. The van der Waals surface area contributed by atoms with Crippen LogP contribution in [-0.2, 0) is 0 Å². The summed E-state index contributed by atoms with van der Waals surface area (Å²) in [7, 11) is 0. The molecule has 0 aliphatic rings. The zero-order chi connectivity index (χ0) is 37.7. The zero-order valence-electron chi connectivity index (χ0n) is 30.9. The van der Waals surface area contributed by atoms with E-state index in [0.717, 1.165) is 55.7 Å². The summed E-state index contributed by atoms with van der Waals surface area (Å²) < 4.78 is 2.44. The van der Waals surface area contributed by atoms with Crippen LogP contribution < -0.4 is 0 Å². The van der Waals surface area contributed by atoms with Gasteiger partial charge in [0.1, 0.15) is 0 Å². The van der Waals surface area contributed by atoms with Crippen molar-refractivity contribution in [3.63, 3.8) is 0 Å². The molecule has 0 amide bonds. The Morgan fingerprint density at radius 3 is 1.35 bits per heavy atom. The summed E-state index contributed by atoms with van der Waals surface area (Å²) in [5.74, 6) is 1.87. The second-order valence-electron chi connectivity index (χ2n) is 14.4. The largest absolute Gasteiger partial charge is 0.309 e. The summed E-state index contributed by atoms with van der Waals surface area (Å²) in [5.41, 5.74) is 10.6. The van der Waals surface area contributed by atoms with Crippen molar-refractivity contribution < 1.29 is 0 Å². The molecule has 11 aromatic rings. The highest BCUT2D eigenvalue weighted by Crippen LogP contribution is 2.43. The number of aromatic nitrogens is 4. The molecule has 2 aromatic heterocycles. The van der Waals surface area contributed by atoms with E-state index in [1.54, 1.807) is 0 Å². The van der Waals surface area contributed by atoms with Gasteiger partial charge in [-0.2, -0.15) is 0 Å². The topological polar surface area (TPSA) is 43.6 Å². The fourth-order valence-corrected chi connectivity index (χ4v) is 8.34. The van der Waals surface area contributed by atoms with Crippen LogP contribution in [0.25, 0.3) is 105 Å². The third-order valence-corrected chi connectivity index (χ3v) is 11.0. The molecule has 9 aromatic carbocycles. The molecule has 0 atom stereocenters. The van der Waals surface area contributed by atoms with Crippen molar-refractivity contribution in [3.05, 3.63) is 206 Å². The van der Waals surface area contributed by atoms with Crippen LogP contribution in [0.15, 0.2) is 206 Å². The van der Waals surface area contributed by atoms with Gasteiger partial charge in [-0.15, -0.1) is 0 Å². The molecule has 0 radical (unpaired) electrons. The van der Waals surface area contributed by atoms with Crippen LogP contribution in [0.4, 0.5) is 0 Å². The van der Waals surface area contributed by atoms with Crippen LogP contribution in [0.3, 0.4) is 0 Å². The molecule has 0 aliphatic carbocycles. The van der Waals surface area contributed by atoms with E-state index in [2.05, 4.69) is 187 Å². The summed E-state index contributed by atoms with van der Waals surface area (Å²) in [4.78, 5) is 15.5. The van der Waals surface area contributed by atoms with Gasteiger partial charge in [0.2, 0.25) is 0 Å². The Balaban J connectivity index is 1.19. The fraction of sp³-hybridized carbons (Fsp3) is 0. The number of hydrogen-bond acceptors (Lipinski definition) is 3. The van der Waals surface area contributed by atoms with Crippen molar-refractivity contribution in [2.75, 3.05) is 0 Å². The Kier molecular flexibility index (Phi) is 7.78.